The van der Waals surface area contributed by atoms with Crippen LogP contribution in [0.15, 0.2) is 4.52 Å². The van der Waals surface area contributed by atoms with E-state index in [0.29, 0.717) is 30.0 Å². The van der Waals surface area contributed by atoms with Gasteiger partial charge in [-0.15, -0.1) is 0 Å². The Bertz CT molecular complexity index is 537. The van der Waals surface area contributed by atoms with E-state index in [1.165, 1.54) is 19.4 Å². The van der Waals surface area contributed by atoms with E-state index in [0.717, 1.165) is 51.2 Å². The van der Waals surface area contributed by atoms with E-state index in [2.05, 4.69) is 27.0 Å². The van der Waals surface area contributed by atoms with Gasteiger partial charge in [0.25, 0.3) is 0 Å². The zero-order valence-electron chi connectivity index (χ0n) is 15.0. The number of carbonyl (C=O) groups excluding carboxylic acids is 1. The van der Waals surface area contributed by atoms with Crippen LogP contribution in [0.2, 0.25) is 0 Å². The summed E-state index contributed by atoms with van der Waals surface area (Å²) in [6.07, 6.45) is 7.24. The van der Waals surface area contributed by atoms with Crippen LogP contribution >= 0.6 is 0 Å². The molecule has 1 aromatic rings. The number of rotatable bonds is 5. The number of amides is 1. The maximum Gasteiger partial charge on any atom is 0.226 e. The summed E-state index contributed by atoms with van der Waals surface area (Å²) < 4.78 is 5.21. The molecule has 0 spiro atoms. The lowest BCUT2D eigenvalue weighted by atomic mass is 9.91. The summed E-state index contributed by atoms with van der Waals surface area (Å²) in [6, 6.07) is 0. The van der Waals surface area contributed by atoms with Gasteiger partial charge >= 0.3 is 0 Å². The zero-order chi connectivity index (χ0) is 16.9. The molecule has 134 valence electrons. The molecule has 2 aliphatic rings. The summed E-state index contributed by atoms with van der Waals surface area (Å²) in [6.45, 7) is 5.96. The van der Waals surface area contributed by atoms with Crippen LogP contribution in [-0.2, 0) is 11.2 Å². The summed E-state index contributed by atoms with van der Waals surface area (Å²) in [7, 11) is 2.18. The molecule has 0 aromatic carbocycles. The van der Waals surface area contributed by atoms with Crippen LogP contribution in [0.5, 0.6) is 0 Å². The topological polar surface area (TPSA) is 62.5 Å². The van der Waals surface area contributed by atoms with Crippen molar-refractivity contribution in [2.75, 3.05) is 33.2 Å². The Morgan fingerprint density at radius 2 is 2.00 bits per heavy atom. The fourth-order valence-electron chi connectivity index (χ4n) is 4.05. The molecule has 6 nitrogen and oxygen atoms in total. The molecule has 0 saturated carbocycles. The number of aromatic nitrogens is 2. The van der Waals surface area contributed by atoms with Crippen LogP contribution in [0.1, 0.15) is 50.2 Å². The van der Waals surface area contributed by atoms with Gasteiger partial charge in [-0.25, -0.2) is 0 Å². The predicted octanol–water partition coefficient (Wildman–Crippen LogP) is 2.28. The highest BCUT2D eigenvalue weighted by molar-refractivity contribution is 5.76. The Morgan fingerprint density at radius 1 is 1.21 bits per heavy atom. The van der Waals surface area contributed by atoms with E-state index >= 15 is 0 Å². The van der Waals surface area contributed by atoms with Crippen LogP contribution in [0.25, 0.3) is 0 Å². The Kier molecular flexibility index (Phi) is 5.87. The first-order chi connectivity index (χ1) is 11.6. The monoisotopic (exact) mass is 334 g/mol. The summed E-state index contributed by atoms with van der Waals surface area (Å²) >= 11 is 0. The SMILES string of the molecule is Cc1noc(CC2CCN(C(=O)CCC3CCCN(C)C3)CC2)n1. The van der Waals surface area contributed by atoms with Crippen molar-refractivity contribution in [3.05, 3.63) is 11.7 Å². The van der Waals surface area contributed by atoms with Crippen molar-refractivity contribution in [1.29, 1.82) is 0 Å². The molecule has 24 heavy (non-hydrogen) atoms. The van der Waals surface area contributed by atoms with E-state index in [1.54, 1.807) is 0 Å². The minimum atomic E-state index is 0.343. The molecule has 0 bridgehead atoms. The lowest BCUT2D eigenvalue weighted by molar-refractivity contribution is -0.133. The highest BCUT2D eigenvalue weighted by Gasteiger charge is 2.25. The van der Waals surface area contributed by atoms with Crippen LogP contribution < -0.4 is 0 Å². The third-order valence-corrected chi connectivity index (χ3v) is 5.49. The lowest BCUT2D eigenvalue weighted by Gasteiger charge is -2.33. The van der Waals surface area contributed by atoms with Crippen LogP contribution in [0.3, 0.4) is 0 Å². The quantitative estimate of drug-likeness (QED) is 0.827. The maximum atomic E-state index is 12.5. The molecule has 1 amide bonds. The molecule has 2 aliphatic heterocycles. The third-order valence-electron chi connectivity index (χ3n) is 5.49. The number of nitrogens with zero attached hydrogens (tertiary/aromatic N) is 4. The van der Waals surface area contributed by atoms with Crippen molar-refractivity contribution in [1.82, 2.24) is 19.9 Å². The van der Waals surface area contributed by atoms with Crippen LogP contribution in [0, 0.1) is 18.8 Å². The van der Waals surface area contributed by atoms with E-state index in [1.807, 2.05) is 6.92 Å². The number of piperidine rings is 2. The average molecular weight is 334 g/mol. The number of hydrogen-bond acceptors (Lipinski definition) is 5. The van der Waals surface area contributed by atoms with Gasteiger partial charge in [-0.2, -0.15) is 4.98 Å². The Morgan fingerprint density at radius 3 is 2.67 bits per heavy atom. The van der Waals surface area contributed by atoms with Crippen molar-refractivity contribution in [3.63, 3.8) is 0 Å². The van der Waals surface area contributed by atoms with Crippen molar-refractivity contribution < 1.29 is 9.32 Å². The first-order valence-corrected chi connectivity index (χ1v) is 9.35. The summed E-state index contributed by atoms with van der Waals surface area (Å²) in [5.41, 5.74) is 0. The maximum absolute atomic E-state index is 12.5. The summed E-state index contributed by atoms with van der Waals surface area (Å²) in [4.78, 5) is 21.2. The number of carbonyl (C=O) groups is 1. The van der Waals surface area contributed by atoms with Gasteiger partial charge in [0.15, 0.2) is 5.82 Å². The van der Waals surface area contributed by atoms with Gasteiger partial charge in [0.2, 0.25) is 11.8 Å². The number of hydrogen-bond donors (Lipinski definition) is 0. The predicted molar refractivity (Wildman–Crippen MR) is 91.5 cm³/mol. The van der Waals surface area contributed by atoms with Crippen LogP contribution in [-0.4, -0.2) is 59.1 Å². The fraction of sp³-hybridized carbons (Fsp3) is 0.833. The van der Waals surface area contributed by atoms with Gasteiger partial charge in [-0.3, -0.25) is 4.79 Å². The molecule has 1 unspecified atom stereocenters. The zero-order valence-corrected chi connectivity index (χ0v) is 15.0. The standard InChI is InChI=1S/C18H30N4O2/c1-14-19-17(24-20-14)12-15-7-10-22(11-8-15)18(23)6-5-16-4-3-9-21(2)13-16/h15-16H,3-13H2,1-2H3. The average Bonchev–Trinajstić information content (AvgIpc) is 2.98. The summed E-state index contributed by atoms with van der Waals surface area (Å²) in [5.74, 6) is 3.03. The molecule has 1 atom stereocenters. The van der Waals surface area contributed by atoms with Crippen molar-refractivity contribution in [3.8, 4) is 0 Å². The second kappa shape index (κ2) is 8.10. The number of aryl methyl sites for hydroxylation is 1. The van der Waals surface area contributed by atoms with Gasteiger partial charge in [0.05, 0.1) is 0 Å². The smallest absolute Gasteiger partial charge is 0.226 e. The Hall–Kier alpha value is -1.43. The number of likely N-dealkylation sites (tertiary alicyclic amines) is 2. The Balaban J connectivity index is 1.37. The molecule has 0 N–H and O–H groups in total. The molecule has 0 radical (unpaired) electrons. The molecule has 0 aliphatic carbocycles. The molecule has 3 rings (SSSR count). The van der Waals surface area contributed by atoms with Crippen molar-refractivity contribution >= 4 is 5.91 Å². The summed E-state index contributed by atoms with van der Waals surface area (Å²) in [5, 5.41) is 3.85. The molecule has 2 fully saturated rings. The normalized spacial score (nSPS) is 23.6. The highest BCUT2D eigenvalue weighted by Crippen LogP contribution is 2.24. The van der Waals surface area contributed by atoms with Crippen molar-refractivity contribution in [2.24, 2.45) is 11.8 Å². The van der Waals surface area contributed by atoms with Crippen LogP contribution in [0.4, 0.5) is 0 Å². The van der Waals surface area contributed by atoms with E-state index in [9.17, 15) is 4.79 Å². The molecule has 3 heterocycles. The first-order valence-electron chi connectivity index (χ1n) is 9.35. The minimum Gasteiger partial charge on any atom is -0.343 e. The molecular formula is C18H30N4O2. The largest absolute Gasteiger partial charge is 0.343 e. The van der Waals surface area contributed by atoms with Gasteiger partial charge in [0.1, 0.15) is 0 Å². The van der Waals surface area contributed by atoms with E-state index in [-0.39, 0.29) is 0 Å². The second-order valence-corrected chi connectivity index (χ2v) is 7.57. The highest BCUT2D eigenvalue weighted by atomic mass is 16.5. The molecule has 2 saturated heterocycles. The molecular weight excluding hydrogens is 304 g/mol. The second-order valence-electron chi connectivity index (χ2n) is 7.57. The van der Waals surface area contributed by atoms with Crippen molar-refractivity contribution in [2.45, 2.75) is 51.9 Å². The Labute approximate surface area is 144 Å². The van der Waals surface area contributed by atoms with Gasteiger partial charge in [0, 0.05) is 32.5 Å². The van der Waals surface area contributed by atoms with Gasteiger partial charge in [-0.1, -0.05) is 5.16 Å². The first kappa shape index (κ1) is 17.4. The van der Waals surface area contributed by atoms with Gasteiger partial charge in [-0.05, 0) is 64.5 Å². The fourth-order valence-corrected chi connectivity index (χ4v) is 4.05. The molecule has 1 aromatic heterocycles. The lowest BCUT2D eigenvalue weighted by Crippen LogP contribution is -2.39. The molecule has 6 heteroatoms. The van der Waals surface area contributed by atoms with E-state index in [4.69, 9.17) is 4.52 Å². The minimum absolute atomic E-state index is 0.343. The third kappa shape index (κ3) is 4.79. The van der Waals surface area contributed by atoms with Gasteiger partial charge < -0.3 is 14.3 Å². The van der Waals surface area contributed by atoms with E-state index < -0.39 is 0 Å².